The van der Waals surface area contributed by atoms with E-state index in [1.807, 2.05) is 18.2 Å². The van der Waals surface area contributed by atoms with E-state index in [2.05, 4.69) is 26.3 Å². The Bertz CT molecular complexity index is 920. The van der Waals surface area contributed by atoms with Gasteiger partial charge in [0, 0.05) is 44.5 Å². The van der Waals surface area contributed by atoms with Crippen LogP contribution in [0.3, 0.4) is 0 Å². The lowest BCUT2D eigenvalue weighted by atomic mass is 10.2. The van der Waals surface area contributed by atoms with Crippen LogP contribution in [0.5, 0.6) is 0 Å². The zero-order chi connectivity index (χ0) is 18.8. The molecule has 1 aromatic heterocycles. The first-order valence-electron chi connectivity index (χ1n) is 9.51. The SMILES string of the molecule is CCn1c(CN2CCCN(c3ccc(F)cc3)CC2)nc2cc(F)ccc21. The summed E-state index contributed by atoms with van der Waals surface area (Å²) in [5, 5.41) is 0. The van der Waals surface area contributed by atoms with Crippen LogP contribution >= 0.6 is 0 Å². The minimum absolute atomic E-state index is 0.204. The summed E-state index contributed by atoms with van der Waals surface area (Å²) in [4.78, 5) is 9.38. The molecule has 0 unspecified atom stereocenters. The zero-order valence-corrected chi connectivity index (χ0v) is 15.5. The molecule has 0 amide bonds. The molecule has 0 spiro atoms. The van der Waals surface area contributed by atoms with Crippen LogP contribution in [0.2, 0.25) is 0 Å². The first kappa shape index (κ1) is 17.9. The fraction of sp³-hybridized carbons (Fsp3) is 0.381. The largest absolute Gasteiger partial charge is 0.370 e. The lowest BCUT2D eigenvalue weighted by Gasteiger charge is -2.23. The highest BCUT2D eigenvalue weighted by Crippen LogP contribution is 2.21. The van der Waals surface area contributed by atoms with Crippen molar-refractivity contribution in [3.05, 3.63) is 59.9 Å². The average molecular weight is 370 g/mol. The highest BCUT2D eigenvalue weighted by Gasteiger charge is 2.18. The second kappa shape index (κ2) is 7.64. The summed E-state index contributed by atoms with van der Waals surface area (Å²) in [5.41, 5.74) is 2.76. The number of imidazole rings is 1. The Balaban J connectivity index is 1.49. The van der Waals surface area contributed by atoms with Crippen LogP contribution in [-0.4, -0.2) is 40.6 Å². The number of anilines is 1. The standard InChI is InChI=1S/C21H24F2N4/c1-2-27-20-9-6-17(23)14-19(20)24-21(27)15-25-10-3-11-26(13-12-25)18-7-4-16(22)5-8-18/h4-9,14H,2-3,10-13,15H2,1H3. The first-order chi connectivity index (χ1) is 13.1. The second-order valence-electron chi connectivity index (χ2n) is 7.00. The normalized spacial score (nSPS) is 16.0. The third kappa shape index (κ3) is 3.81. The molecule has 0 aliphatic carbocycles. The van der Waals surface area contributed by atoms with Gasteiger partial charge in [0.25, 0.3) is 0 Å². The highest BCUT2D eigenvalue weighted by molar-refractivity contribution is 5.76. The minimum atomic E-state index is -0.250. The van der Waals surface area contributed by atoms with Crippen LogP contribution in [-0.2, 0) is 13.1 Å². The molecule has 0 radical (unpaired) electrons. The van der Waals surface area contributed by atoms with E-state index in [0.29, 0.717) is 0 Å². The third-order valence-electron chi connectivity index (χ3n) is 5.25. The second-order valence-corrected chi connectivity index (χ2v) is 7.00. The van der Waals surface area contributed by atoms with Crippen molar-refractivity contribution in [3.63, 3.8) is 0 Å². The van der Waals surface area contributed by atoms with Gasteiger partial charge in [-0.2, -0.15) is 0 Å². The van der Waals surface area contributed by atoms with E-state index in [4.69, 9.17) is 0 Å². The van der Waals surface area contributed by atoms with Gasteiger partial charge in [0.1, 0.15) is 17.5 Å². The smallest absolute Gasteiger partial charge is 0.125 e. The molecule has 3 aromatic rings. The maximum atomic E-state index is 13.5. The van der Waals surface area contributed by atoms with Crippen molar-refractivity contribution in [3.8, 4) is 0 Å². The molecule has 1 saturated heterocycles. The Labute approximate surface area is 158 Å². The summed E-state index contributed by atoms with van der Waals surface area (Å²) in [6.07, 6.45) is 1.04. The van der Waals surface area contributed by atoms with Gasteiger partial charge in [-0.15, -0.1) is 0 Å². The van der Waals surface area contributed by atoms with Crippen LogP contribution in [0, 0.1) is 11.6 Å². The number of aryl methyl sites for hydroxylation is 1. The lowest BCUT2D eigenvalue weighted by Crippen LogP contribution is -2.31. The van der Waals surface area contributed by atoms with Crippen molar-refractivity contribution < 1.29 is 8.78 Å². The van der Waals surface area contributed by atoms with Crippen molar-refractivity contribution in [2.75, 3.05) is 31.1 Å². The fourth-order valence-electron chi connectivity index (χ4n) is 3.87. The molecule has 0 atom stereocenters. The van der Waals surface area contributed by atoms with Crippen molar-refractivity contribution in [2.24, 2.45) is 0 Å². The lowest BCUT2D eigenvalue weighted by molar-refractivity contribution is 0.275. The maximum absolute atomic E-state index is 13.5. The Morgan fingerprint density at radius 3 is 2.48 bits per heavy atom. The predicted octanol–water partition coefficient (Wildman–Crippen LogP) is 4.05. The van der Waals surface area contributed by atoms with Gasteiger partial charge in [-0.3, -0.25) is 4.90 Å². The molecule has 0 N–H and O–H groups in total. The summed E-state index contributed by atoms with van der Waals surface area (Å²) in [6, 6.07) is 11.5. The van der Waals surface area contributed by atoms with Gasteiger partial charge in [0.05, 0.1) is 17.6 Å². The van der Waals surface area contributed by atoms with Crippen molar-refractivity contribution in [1.29, 1.82) is 0 Å². The van der Waals surface area contributed by atoms with Crippen molar-refractivity contribution in [2.45, 2.75) is 26.4 Å². The Hall–Kier alpha value is -2.47. The number of fused-ring (bicyclic) bond motifs is 1. The summed E-state index contributed by atoms with van der Waals surface area (Å²) in [5.74, 6) is 0.526. The number of halogens is 2. The third-order valence-corrected chi connectivity index (χ3v) is 5.25. The first-order valence-corrected chi connectivity index (χ1v) is 9.51. The monoisotopic (exact) mass is 370 g/mol. The topological polar surface area (TPSA) is 24.3 Å². The van der Waals surface area contributed by atoms with Crippen molar-refractivity contribution in [1.82, 2.24) is 14.5 Å². The van der Waals surface area contributed by atoms with Gasteiger partial charge in [0.2, 0.25) is 0 Å². The molecular formula is C21H24F2N4. The quantitative estimate of drug-likeness (QED) is 0.693. The Morgan fingerprint density at radius 1 is 0.926 bits per heavy atom. The molecule has 1 aliphatic rings. The zero-order valence-electron chi connectivity index (χ0n) is 15.5. The van der Waals surface area contributed by atoms with E-state index in [-0.39, 0.29) is 11.6 Å². The van der Waals surface area contributed by atoms with Gasteiger partial charge in [-0.25, -0.2) is 13.8 Å². The molecule has 1 fully saturated rings. The number of rotatable bonds is 4. The molecule has 2 aromatic carbocycles. The molecule has 2 heterocycles. The molecule has 1 aliphatic heterocycles. The number of hydrogen-bond acceptors (Lipinski definition) is 3. The van der Waals surface area contributed by atoms with E-state index in [0.717, 1.165) is 68.2 Å². The van der Waals surface area contributed by atoms with E-state index < -0.39 is 0 Å². The van der Waals surface area contributed by atoms with E-state index >= 15 is 0 Å². The summed E-state index contributed by atoms with van der Waals surface area (Å²) in [6.45, 7) is 7.41. The van der Waals surface area contributed by atoms with Crippen LogP contribution in [0.1, 0.15) is 19.2 Å². The van der Waals surface area contributed by atoms with Gasteiger partial charge in [-0.1, -0.05) is 0 Å². The van der Waals surface area contributed by atoms with Crippen LogP contribution < -0.4 is 4.90 Å². The molecule has 0 bridgehead atoms. The molecule has 6 heteroatoms. The number of benzene rings is 2. The van der Waals surface area contributed by atoms with Crippen LogP contribution in [0.4, 0.5) is 14.5 Å². The fourth-order valence-corrected chi connectivity index (χ4v) is 3.87. The summed E-state index contributed by atoms with van der Waals surface area (Å²) >= 11 is 0. The number of aromatic nitrogens is 2. The number of hydrogen-bond donors (Lipinski definition) is 0. The predicted molar refractivity (Wildman–Crippen MR) is 104 cm³/mol. The average Bonchev–Trinajstić information content (AvgIpc) is 2.83. The maximum Gasteiger partial charge on any atom is 0.125 e. The molecule has 0 saturated carbocycles. The van der Waals surface area contributed by atoms with Crippen LogP contribution in [0.15, 0.2) is 42.5 Å². The molecule has 4 nitrogen and oxygen atoms in total. The van der Waals surface area contributed by atoms with Crippen molar-refractivity contribution >= 4 is 16.7 Å². The summed E-state index contributed by atoms with van der Waals surface area (Å²) in [7, 11) is 0. The number of nitrogens with zero attached hydrogens (tertiary/aromatic N) is 4. The van der Waals surface area contributed by atoms with Gasteiger partial charge in [0.15, 0.2) is 0 Å². The Kier molecular flexibility index (Phi) is 5.07. The minimum Gasteiger partial charge on any atom is -0.370 e. The Morgan fingerprint density at radius 2 is 1.70 bits per heavy atom. The summed E-state index contributed by atoms with van der Waals surface area (Å²) < 4.78 is 28.9. The van der Waals surface area contributed by atoms with E-state index in [1.165, 1.54) is 24.3 Å². The molecule has 142 valence electrons. The highest BCUT2D eigenvalue weighted by atomic mass is 19.1. The van der Waals surface area contributed by atoms with Gasteiger partial charge in [-0.05, 0) is 49.7 Å². The molecular weight excluding hydrogens is 346 g/mol. The molecule has 4 rings (SSSR count). The van der Waals surface area contributed by atoms with E-state index in [1.54, 1.807) is 0 Å². The van der Waals surface area contributed by atoms with Gasteiger partial charge >= 0.3 is 0 Å². The molecule has 27 heavy (non-hydrogen) atoms. The van der Waals surface area contributed by atoms with Gasteiger partial charge < -0.3 is 9.47 Å². The van der Waals surface area contributed by atoms with Crippen LogP contribution in [0.25, 0.3) is 11.0 Å². The van der Waals surface area contributed by atoms with E-state index in [9.17, 15) is 8.78 Å².